The minimum atomic E-state index is -0.673. The van der Waals surface area contributed by atoms with E-state index in [2.05, 4.69) is 10.1 Å². The number of ether oxygens (including phenoxy) is 3. The Kier molecular flexibility index (Phi) is 5.83. The Labute approximate surface area is 118 Å². The molecular formula is C14H19NO5. The van der Waals surface area contributed by atoms with Crippen molar-refractivity contribution in [3.63, 3.8) is 0 Å². The molecule has 0 fully saturated rings. The molecule has 1 amide bonds. The van der Waals surface area contributed by atoms with Gasteiger partial charge in [-0.2, -0.15) is 0 Å². The summed E-state index contributed by atoms with van der Waals surface area (Å²) in [5.41, 5.74) is 0.761. The van der Waals surface area contributed by atoms with Gasteiger partial charge in [0.15, 0.2) is 11.5 Å². The van der Waals surface area contributed by atoms with Crippen molar-refractivity contribution in [2.24, 2.45) is 0 Å². The molecule has 0 bridgehead atoms. The summed E-state index contributed by atoms with van der Waals surface area (Å²) in [5.74, 6) is 0.402. The van der Waals surface area contributed by atoms with Crippen molar-refractivity contribution in [3.05, 3.63) is 23.8 Å². The summed E-state index contributed by atoms with van der Waals surface area (Å²) < 4.78 is 14.8. The second-order valence-corrected chi connectivity index (χ2v) is 4.18. The van der Waals surface area contributed by atoms with Crippen LogP contribution in [0.25, 0.3) is 0 Å². The maximum atomic E-state index is 11.8. The molecule has 6 heteroatoms. The van der Waals surface area contributed by atoms with Gasteiger partial charge in [-0.1, -0.05) is 6.07 Å². The predicted octanol–water partition coefficient (Wildman–Crippen LogP) is 0.924. The normalized spacial score (nSPS) is 11.4. The van der Waals surface area contributed by atoms with Crippen molar-refractivity contribution in [2.45, 2.75) is 19.4 Å². The Morgan fingerprint density at radius 3 is 2.35 bits per heavy atom. The van der Waals surface area contributed by atoms with Crippen LogP contribution in [-0.4, -0.2) is 39.2 Å². The van der Waals surface area contributed by atoms with E-state index < -0.39 is 12.0 Å². The number of rotatable bonds is 6. The van der Waals surface area contributed by atoms with Gasteiger partial charge in [0.05, 0.1) is 27.8 Å². The van der Waals surface area contributed by atoms with Gasteiger partial charge in [0, 0.05) is 0 Å². The number of hydrogen-bond acceptors (Lipinski definition) is 5. The summed E-state index contributed by atoms with van der Waals surface area (Å²) in [5, 5.41) is 2.56. The average molecular weight is 281 g/mol. The topological polar surface area (TPSA) is 73.9 Å². The fourth-order valence-electron chi connectivity index (χ4n) is 1.70. The number of hydrogen-bond donors (Lipinski definition) is 1. The number of carbonyl (C=O) groups is 2. The Bertz CT molecular complexity index is 486. The average Bonchev–Trinajstić information content (AvgIpc) is 2.45. The minimum absolute atomic E-state index is 0.141. The van der Waals surface area contributed by atoms with E-state index >= 15 is 0 Å². The van der Waals surface area contributed by atoms with Gasteiger partial charge >= 0.3 is 5.97 Å². The smallest absolute Gasteiger partial charge is 0.328 e. The zero-order chi connectivity index (χ0) is 15.1. The Morgan fingerprint density at radius 1 is 1.15 bits per heavy atom. The fourth-order valence-corrected chi connectivity index (χ4v) is 1.70. The fraction of sp³-hybridized carbons (Fsp3) is 0.429. The van der Waals surface area contributed by atoms with Crippen LogP contribution in [0.15, 0.2) is 18.2 Å². The maximum absolute atomic E-state index is 11.8. The first-order valence-electron chi connectivity index (χ1n) is 6.10. The van der Waals surface area contributed by atoms with Crippen molar-refractivity contribution in [1.82, 2.24) is 5.32 Å². The summed E-state index contributed by atoms with van der Waals surface area (Å²) >= 11 is 0. The molecule has 0 aliphatic heterocycles. The largest absolute Gasteiger partial charge is 0.493 e. The van der Waals surface area contributed by atoms with Gasteiger partial charge in [-0.25, -0.2) is 4.79 Å². The molecule has 1 aromatic rings. The van der Waals surface area contributed by atoms with E-state index in [0.29, 0.717) is 11.5 Å². The van der Waals surface area contributed by atoms with Gasteiger partial charge in [0.1, 0.15) is 6.04 Å². The van der Waals surface area contributed by atoms with E-state index in [-0.39, 0.29) is 12.3 Å². The summed E-state index contributed by atoms with van der Waals surface area (Å²) in [7, 11) is 4.35. The van der Waals surface area contributed by atoms with Crippen molar-refractivity contribution in [2.75, 3.05) is 21.3 Å². The van der Waals surface area contributed by atoms with Crippen LogP contribution in [-0.2, 0) is 20.7 Å². The van der Waals surface area contributed by atoms with Crippen molar-refractivity contribution < 1.29 is 23.8 Å². The lowest BCUT2D eigenvalue weighted by atomic mass is 10.1. The van der Waals surface area contributed by atoms with Crippen molar-refractivity contribution in [3.8, 4) is 11.5 Å². The van der Waals surface area contributed by atoms with Crippen LogP contribution in [0.2, 0.25) is 0 Å². The van der Waals surface area contributed by atoms with E-state index in [1.165, 1.54) is 14.2 Å². The summed E-state index contributed by atoms with van der Waals surface area (Å²) in [6, 6.07) is 4.54. The molecule has 1 rings (SSSR count). The molecule has 0 radical (unpaired) electrons. The van der Waals surface area contributed by atoms with E-state index in [0.717, 1.165) is 5.56 Å². The van der Waals surface area contributed by atoms with Gasteiger partial charge < -0.3 is 19.5 Å². The highest BCUT2D eigenvalue weighted by atomic mass is 16.5. The molecule has 1 unspecified atom stereocenters. The van der Waals surface area contributed by atoms with Crippen LogP contribution >= 0.6 is 0 Å². The van der Waals surface area contributed by atoms with Crippen LogP contribution in [0.5, 0.6) is 11.5 Å². The predicted molar refractivity (Wildman–Crippen MR) is 72.9 cm³/mol. The van der Waals surface area contributed by atoms with Crippen LogP contribution in [0.3, 0.4) is 0 Å². The summed E-state index contributed by atoms with van der Waals surface area (Å²) in [4.78, 5) is 23.0. The molecule has 0 aromatic heterocycles. The van der Waals surface area contributed by atoms with Gasteiger partial charge in [0.2, 0.25) is 5.91 Å². The van der Waals surface area contributed by atoms with Crippen LogP contribution < -0.4 is 14.8 Å². The lowest BCUT2D eigenvalue weighted by Crippen LogP contribution is -2.39. The lowest BCUT2D eigenvalue weighted by molar-refractivity contribution is -0.144. The van der Waals surface area contributed by atoms with Gasteiger partial charge in [0.25, 0.3) is 0 Å². The van der Waals surface area contributed by atoms with E-state index in [1.54, 1.807) is 32.2 Å². The highest BCUT2D eigenvalue weighted by Crippen LogP contribution is 2.27. The third-order valence-electron chi connectivity index (χ3n) is 2.74. The first kappa shape index (κ1) is 15.8. The zero-order valence-corrected chi connectivity index (χ0v) is 12.1. The number of amides is 1. The molecule has 110 valence electrons. The minimum Gasteiger partial charge on any atom is -0.493 e. The zero-order valence-electron chi connectivity index (χ0n) is 12.1. The van der Waals surface area contributed by atoms with Gasteiger partial charge in [-0.3, -0.25) is 4.79 Å². The molecule has 6 nitrogen and oxygen atoms in total. The molecule has 1 atom stereocenters. The number of nitrogens with one attached hydrogen (secondary N) is 1. The Balaban J connectivity index is 2.69. The van der Waals surface area contributed by atoms with Crippen molar-refractivity contribution >= 4 is 11.9 Å². The van der Waals surface area contributed by atoms with E-state index in [9.17, 15) is 9.59 Å². The third kappa shape index (κ3) is 4.15. The van der Waals surface area contributed by atoms with Gasteiger partial charge in [-0.15, -0.1) is 0 Å². The molecule has 1 aromatic carbocycles. The molecule has 20 heavy (non-hydrogen) atoms. The first-order valence-corrected chi connectivity index (χ1v) is 6.10. The SMILES string of the molecule is COC(=O)C(C)NC(=O)Cc1ccc(OC)c(OC)c1. The lowest BCUT2D eigenvalue weighted by Gasteiger charge is -2.12. The van der Waals surface area contributed by atoms with Gasteiger partial charge in [-0.05, 0) is 24.6 Å². The maximum Gasteiger partial charge on any atom is 0.328 e. The van der Waals surface area contributed by atoms with Crippen LogP contribution in [0.1, 0.15) is 12.5 Å². The molecule has 0 aliphatic rings. The molecule has 1 N–H and O–H groups in total. The molecular weight excluding hydrogens is 262 g/mol. The van der Waals surface area contributed by atoms with Crippen LogP contribution in [0.4, 0.5) is 0 Å². The molecule has 0 saturated heterocycles. The number of benzene rings is 1. The third-order valence-corrected chi connectivity index (χ3v) is 2.74. The summed E-state index contributed by atoms with van der Waals surface area (Å²) in [6.07, 6.45) is 0.141. The van der Waals surface area contributed by atoms with E-state index in [4.69, 9.17) is 9.47 Å². The highest BCUT2D eigenvalue weighted by molar-refractivity contribution is 5.85. The number of methoxy groups -OCH3 is 3. The molecule has 0 heterocycles. The second kappa shape index (κ2) is 7.37. The summed E-state index contributed by atoms with van der Waals surface area (Å²) in [6.45, 7) is 1.57. The number of esters is 1. The highest BCUT2D eigenvalue weighted by Gasteiger charge is 2.16. The Hall–Kier alpha value is -2.24. The number of carbonyl (C=O) groups excluding carboxylic acids is 2. The van der Waals surface area contributed by atoms with E-state index in [1.807, 2.05) is 0 Å². The first-order chi connectivity index (χ1) is 9.51. The second-order valence-electron chi connectivity index (χ2n) is 4.18. The monoisotopic (exact) mass is 281 g/mol. The Morgan fingerprint density at radius 2 is 1.80 bits per heavy atom. The molecule has 0 spiro atoms. The van der Waals surface area contributed by atoms with Crippen molar-refractivity contribution in [1.29, 1.82) is 0 Å². The quantitative estimate of drug-likeness (QED) is 0.785. The molecule has 0 aliphatic carbocycles. The molecule has 0 saturated carbocycles. The van der Waals surface area contributed by atoms with Crippen LogP contribution in [0, 0.1) is 0 Å². The standard InChI is InChI=1S/C14H19NO5/c1-9(14(17)20-4)15-13(16)8-10-5-6-11(18-2)12(7-10)19-3/h5-7,9H,8H2,1-4H3,(H,15,16).